The lowest BCUT2D eigenvalue weighted by Crippen LogP contribution is -2.50. The topological polar surface area (TPSA) is 182 Å². The van der Waals surface area contributed by atoms with E-state index in [9.17, 15) is 14.7 Å². The van der Waals surface area contributed by atoms with Crippen LogP contribution >= 0.6 is 33.9 Å². The van der Waals surface area contributed by atoms with Crippen LogP contribution in [0.4, 0.5) is 10.2 Å². The summed E-state index contributed by atoms with van der Waals surface area (Å²) in [4.78, 5) is 47.2. The zero-order chi connectivity index (χ0) is 54.5. The number of carbonyl (C=O) groups is 2. The average Bonchev–Trinajstić information content (AvgIpc) is 4.07. The van der Waals surface area contributed by atoms with Crippen molar-refractivity contribution < 1.29 is 33.3 Å². The van der Waals surface area contributed by atoms with Gasteiger partial charge in [0.15, 0.2) is 5.75 Å². The zero-order valence-corrected chi connectivity index (χ0v) is 47.4. The number of anilines is 1. The van der Waals surface area contributed by atoms with Crippen molar-refractivity contribution in [3.63, 3.8) is 0 Å². The summed E-state index contributed by atoms with van der Waals surface area (Å²) < 4.78 is 37.9. The molecular weight excluding hydrogens is 1130 g/mol. The third-order valence-electron chi connectivity index (χ3n) is 16.0. The van der Waals surface area contributed by atoms with E-state index < -0.39 is 18.1 Å². The van der Waals surface area contributed by atoms with E-state index in [1.165, 1.54) is 0 Å². The minimum atomic E-state index is -0.727. The number of piperazine rings is 1. The van der Waals surface area contributed by atoms with Gasteiger partial charge in [-0.25, -0.2) is 9.07 Å². The summed E-state index contributed by atoms with van der Waals surface area (Å²) in [6.45, 7) is 8.02. The van der Waals surface area contributed by atoms with Crippen molar-refractivity contribution in [1.29, 1.82) is 0 Å². The van der Waals surface area contributed by atoms with E-state index in [4.69, 9.17) is 24.2 Å². The van der Waals surface area contributed by atoms with Gasteiger partial charge in [-0.1, -0.05) is 73.7 Å². The lowest BCUT2D eigenvalue weighted by Gasteiger charge is -2.30. The molecule has 6 atom stereocenters. The number of nitrogens with zero attached hydrogens (tertiary/aromatic N) is 8. The van der Waals surface area contributed by atoms with Crippen LogP contribution in [0.5, 0.6) is 11.8 Å². The molecule has 0 spiro atoms. The van der Waals surface area contributed by atoms with Crippen LogP contribution in [0.2, 0.25) is 0 Å². The van der Waals surface area contributed by atoms with Gasteiger partial charge in [-0.05, 0) is 131 Å². The Labute approximate surface area is 475 Å². The van der Waals surface area contributed by atoms with Crippen LogP contribution in [0.15, 0.2) is 103 Å². The van der Waals surface area contributed by atoms with E-state index in [2.05, 4.69) is 59.5 Å². The number of benzene rings is 4. The maximum Gasteiger partial charge on any atom is 0.319 e. The molecule has 2 unspecified atom stereocenters. The number of hydrogen-bond donors (Lipinski definition) is 3. The number of aliphatic hydroxyl groups is 1. The number of carbonyl (C=O) groups excluding carboxylic acids is 2. The largest absolute Gasteiger partial charge is 0.486 e. The van der Waals surface area contributed by atoms with Gasteiger partial charge < -0.3 is 39.8 Å². The predicted molar refractivity (Wildman–Crippen MR) is 311 cm³/mol. The molecule has 1 aliphatic carbocycles. The number of halogens is 2. The molecule has 1 saturated carbocycles. The minimum absolute atomic E-state index is 0.142. The SMILES string of the molecule is CO[C@@H](I)COc1nc(N2C[C@@H]3C[C@H]2CN3)c2cc(C3CC3)c(-c3c(F)ccc4sccc34)c(OCc3ccc(-c4cn(C(C(=O)N5CCC[C@H]5C(=O)NC(CO)c5ccc(-c6cccnc6C)cc5)C(C)C)nn4)cc3)c2n1. The molecule has 7 heterocycles. The Bertz CT molecular complexity index is 3560. The van der Waals surface area contributed by atoms with Gasteiger partial charge in [0.1, 0.15) is 52.3 Å². The number of nitrogens with one attached hydrogen (secondary N) is 2. The normalized spacial score (nSPS) is 19.2. The third-order valence-corrected chi connectivity index (χ3v) is 17.7. The molecule has 8 aromatic rings. The molecule has 19 heteroatoms. The quantitative estimate of drug-likeness (QED) is 0.0514. The van der Waals surface area contributed by atoms with Gasteiger partial charge >= 0.3 is 6.01 Å². The first kappa shape index (κ1) is 53.0. The summed E-state index contributed by atoms with van der Waals surface area (Å²) in [5.41, 5.74) is 8.67. The molecule has 2 amide bonds. The number of alkyl halides is 1. The van der Waals surface area contributed by atoms with Crippen LogP contribution in [0, 0.1) is 18.7 Å². The molecule has 3 N–H and O–H groups in total. The smallest absolute Gasteiger partial charge is 0.319 e. The summed E-state index contributed by atoms with van der Waals surface area (Å²) in [5, 5.41) is 29.8. The Morgan fingerprint density at radius 2 is 1.78 bits per heavy atom. The number of likely N-dealkylation sites (tertiary alicyclic amines) is 1. The Morgan fingerprint density at radius 1 is 0.975 bits per heavy atom. The molecule has 4 aliphatic rings. The molecule has 3 saturated heterocycles. The maximum absolute atomic E-state index is 16.7. The first-order chi connectivity index (χ1) is 38.4. The number of thiophene rings is 1. The fourth-order valence-corrected chi connectivity index (χ4v) is 12.7. The third kappa shape index (κ3) is 10.6. The van der Waals surface area contributed by atoms with Crippen molar-refractivity contribution in [2.75, 3.05) is 44.9 Å². The monoisotopic (exact) mass is 1200 g/mol. The van der Waals surface area contributed by atoms with Crippen molar-refractivity contribution in [2.24, 2.45) is 5.92 Å². The molecule has 4 fully saturated rings. The fourth-order valence-electron chi connectivity index (χ4n) is 11.8. The molecule has 16 nitrogen and oxygen atoms in total. The van der Waals surface area contributed by atoms with Crippen LogP contribution in [0.1, 0.15) is 86.3 Å². The average molecular weight is 1200 g/mol. The predicted octanol–water partition coefficient (Wildman–Crippen LogP) is 10.1. The standard InChI is InChI=1S/C60H62FIN10O6S/c1-33(2)55(59(75)70-23-6-8-49(70)58(74)65-48(30-73)39-17-15-36(16-18-39)42-7-5-22-63-34(42)3)72-29-47(68-69-72)38-11-9-35(10-12-38)31-77-56-53(52-43-21-24-79-50(43)20-19-46(52)61)44(37-13-14-37)26-45-54(56)66-60(78-32-51(62)76-4)67-57(45)71-28-40-25-41(71)27-64-40/h5,7,9-12,15-22,24,26,29,33,37,40-41,48-49,51,55,64,73H,6,8,13-14,23,25,27-28,30-32H2,1-4H3,(H,65,74)/t40-,41-,48?,49-,51+,55?/m0/s1. The first-order valence-corrected chi connectivity index (χ1v) is 29.3. The number of aromatic nitrogens is 6. The van der Waals surface area contributed by atoms with E-state index in [0.29, 0.717) is 53.5 Å². The highest BCUT2D eigenvalue weighted by atomic mass is 127. The highest BCUT2D eigenvalue weighted by Gasteiger charge is 2.42. The molecule has 4 aromatic heterocycles. The number of amides is 2. The molecular formula is C60H62FIN10O6S. The highest BCUT2D eigenvalue weighted by molar-refractivity contribution is 14.1. The van der Waals surface area contributed by atoms with E-state index in [1.54, 1.807) is 46.5 Å². The highest BCUT2D eigenvalue weighted by Crippen LogP contribution is 2.53. The number of rotatable bonds is 19. The van der Waals surface area contributed by atoms with Crippen LogP contribution in [0.25, 0.3) is 54.5 Å². The van der Waals surface area contributed by atoms with Crippen molar-refractivity contribution in [2.45, 2.75) is 99.7 Å². The second-order valence-corrected chi connectivity index (χ2v) is 23.8. The number of aryl methyl sites for hydroxylation is 1. The van der Waals surface area contributed by atoms with Crippen molar-refractivity contribution in [3.8, 4) is 45.3 Å². The summed E-state index contributed by atoms with van der Waals surface area (Å²) in [5.74, 6) is 0.443. The molecule has 12 rings (SSSR count). The van der Waals surface area contributed by atoms with Crippen molar-refractivity contribution in [1.82, 2.24) is 45.5 Å². The van der Waals surface area contributed by atoms with E-state index in [1.807, 2.05) is 98.9 Å². The van der Waals surface area contributed by atoms with Crippen LogP contribution in [0.3, 0.4) is 0 Å². The number of fused-ring (bicyclic) bond motifs is 4. The zero-order valence-electron chi connectivity index (χ0n) is 44.4. The summed E-state index contributed by atoms with van der Waals surface area (Å²) >= 11 is 3.76. The van der Waals surface area contributed by atoms with Crippen molar-refractivity contribution >= 4 is 72.5 Å². The van der Waals surface area contributed by atoms with Gasteiger partial charge in [-0.15, -0.1) is 16.4 Å². The van der Waals surface area contributed by atoms with Gasteiger partial charge in [0.25, 0.3) is 0 Å². The second-order valence-electron chi connectivity index (χ2n) is 21.5. The Morgan fingerprint density at radius 3 is 2.51 bits per heavy atom. The molecule has 3 aliphatic heterocycles. The Hall–Kier alpha value is -6.65. The number of hydrogen-bond acceptors (Lipinski definition) is 14. The fraction of sp³-hybridized carbons (Fsp3) is 0.383. The van der Waals surface area contributed by atoms with Crippen LogP contribution in [-0.4, -0.2) is 114 Å². The lowest BCUT2D eigenvalue weighted by atomic mass is 9.91. The minimum Gasteiger partial charge on any atom is -0.486 e. The number of aliphatic hydroxyl groups excluding tert-OH is 1. The first-order valence-electron chi connectivity index (χ1n) is 27.2. The molecule has 2 bridgehead atoms. The van der Waals surface area contributed by atoms with Gasteiger partial charge in [0.05, 0.1) is 18.8 Å². The van der Waals surface area contributed by atoms with Gasteiger partial charge in [0, 0.05) is 88.4 Å². The van der Waals surface area contributed by atoms with Crippen LogP contribution in [-0.2, 0) is 20.9 Å². The number of methoxy groups -OCH3 is 1. The molecule has 0 radical (unpaired) electrons. The lowest BCUT2D eigenvalue weighted by molar-refractivity contribution is -0.142. The van der Waals surface area contributed by atoms with Crippen molar-refractivity contribution in [3.05, 3.63) is 131 Å². The number of ether oxygens (including phenoxy) is 3. The van der Waals surface area contributed by atoms with Gasteiger partial charge in [-0.3, -0.25) is 14.6 Å². The second kappa shape index (κ2) is 22.5. The van der Waals surface area contributed by atoms with Gasteiger partial charge in [-0.2, -0.15) is 9.97 Å². The Balaban J connectivity index is 0.808. The van der Waals surface area contributed by atoms with E-state index in [-0.39, 0.29) is 65.5 Å². The summed E-state index contributed by atoms with van der Waals surface area (Å²) in [7, 11) is 1.64. The summed E-state index contributed by atoms with van der Waals surface area (Å²) in [6, 6.07) is 25.8. The molecule has 79 heavy (non-hydrogen) atoms. The van der Waals surface area contributed by atoms with Crippen LogP contribution < -0.4 is 25.0 Å². The maximum atomic E-state index is 16.7. The van der Waals surface area contributed by atoms with E-state index >= 15 is 4.39 Å². The van der Waals surface area contributed by atoms with Gasteiger partial charge in [0.2, 0.25) is 11.8 Å². The number of pyridine rings is 1. The molecule has 408 valence electrons. The summed E-state index contributed by atoms with van der Waals surface area (Å²) in [6.07, 6.45) is 7.68. The Kier molecular flexibility index (Phi) is 15.1. The molecule has 4 aromatic carbocycles. The van der Waals surface area contributed by atoms with E-state index in [0.717, 1.165) is 92.7 Å².